The van der Waals surface area contributed by atoms with E-state index in [2.05, 4.69) is 14.7 Å². The number of amides is 1. The number of methoxy groups -OCH3 is 1. The number of likely N-dealkylation sites (tertiary alicyclic amines) is 1. The monoisotopic (exact) mass is 345 g/mol. The van der Waals surface area contributed by atoms with Crippen LogP contribution in [0.4, 0.5) is 4.39 Å². The van der Waals surface area contributed by atoms with Gasteiger partial charge in [0.1, 0.15) is 6.10 Å². The zero-order valence-electron chi connectivity index (χ0n) is 13.5. The van der Waals surface area contributed by atoms with Crippen LogP contribution in [0, 0.1) is 5.82 Å². The molecule has 0 bridgehead atoms. The summed E-state index contributed by atoms with van der Waals surface area (Å²) in [6, 6.07) is 6.37. The van der Waals surface area contributed by atoms with Gasteiger partial charge in [-0.25, -0.2) is 19.2 Å². The molecule has 0 N–H and O–H groups in total. The first-order valence-electron chi connectivity index (χ1n) is 7.68. The van der Waals surface area contributed by atoms with Crippen molar-refractivity contribution in [1.82, 2.24) is 14.9 Å². The highest BCUT2D eigenvalue weighted by molar-refractivity contribution is 5.96. The Bertz CT molecular complexity index is 764. The average molecular weight is 345 g/mol. The standard InChI is InChI=1S/C17H16FN3O4/c1-24-16(23)12-4-2-11(3-5-12)15(22)21-7-6-14(10-21)25-17-19-8-13(18)9-20-17/h2-5,8-9,14H,6-7,10H2,1H3/t14-/m0/s1. The van der Waals surface area contributed by atoms with E-state index in [4.69, 9.17) is 4.74 Å². The maximum atomic E-state index is 12.8. The topological polar surface area (TPSA) is 81.6 Å². The highest BCUT2D eigenvalue weighted by Gasteiger charge is 2.29. The molecule has 1 atom stereocenters. The van der Waals surface area contributed by atoms with Gasteiger partial charge in [0.05, 0.1) is 31.6 Å². The molecule has 1 aliphatic heterocycles. The maximum absolute atomic E-state index is 12.8. The van der Waals surface area contributed by atoms with Crippen LogP contribution in [0.1, 0.15) is 27.1 Å². The minimum Gasteiger partial charge on any atom is -0.465 e. The molecule has 7 nitrogen and oxygen atoms in total. The summed E-state index contributed by atoms with van der Waals surface area (Å²) < 4.78 is 23.0. The zero-order chi connectivity index (χ0) is 17.8. The van der Waals surface area contributed by atoms with Gasteiger partial charge in [-0.15, -0.1) is 0 Å². The van der Waals surface area contributed by atoms with Gasteiger partial charge in [-0.3, -0.25) is 4.79 Å². The molecule has 0 unspecified atom stereocenters. The predicted octanol–water partition coefficient (Wildman–Crippen LogP) is 1.70. The Labute approximate surface area is 143 Å². The van der Waals surface area contributed by atoms with Gasteiger partial charge in [0.25, 0.3) is 5.91 Å². The highest BCUT2D eigenvalue weighted by Crippen LogP contribution is 2.18. The molecular formula is C17H16FN3O4. The van der Waals surface area contributed by atoms with Crippen molar-refractivity contribution < 1.29 is 23.5 Å². The lowest BCUT2D eigenvalue weighted by molar-refractivity contribution is 0.0600. The third-order valence-corrected chi connectivity index (χ3v) is 3.85. The smallest absolute Gasteiger partial charge is 0.337 e. The molecule has 1 aromatic carbocycles. The summed E-state index contributed by atoms with van der Waals surface area (Å²) in [5.41, 5.74) is 0.862. The third kappa shape index (κ3) is 3.90. The number of rotatable bonds is 4. The number of ether oxygens (including phenoxy) is 2. The fourth-order valence-corrected chi connectivity index (χ4v) is 2.57. The predicted molar refractivity (Wildman–Crippen MR) is 84.7 cm³/mol. The number of nitrogens with zero attached hydrogens (tertiary/aromatic N) is 3. The van der Waals surface area contributed by atoms with Crippen LogP contribution in [0.2, 0.25) is 0 Å². The second-order valence-corrected chi connectivity index (χ2v) is 5.53. The van der Waals surface area contributed by atoms with Crippen molar-refractivity contribution in [2.45, 2.75) is 12.5 Å². The van der Waals surface area contributed by atoms with Crippen LogP contribution in [0.25, 0.3) is 0 Å². The molecular weight excluding hydrogens is 329 g/mol. The summed E-state index contributed by atoms with van der Waals surface area (Å²) in [6.07, 6.45) is 2.45. The minimum absolute atomic E-state index is 0.0862. The molecule has 0 saturated carbocycles. The van der Waals surface area contributed by atoms with Crippen LogP contribution in [-0.4, -0.2) is 53.0 Å². The van der Waals surface area contributed by atoms with Gasteiger partial charge in [0.15, 0.2) is 5.82 Å². The summed E-state index contributed by atoms with van der Waals surface area (Å²) in [5.74, 6) is -1.14. The Morgan fingerprint density at radius 1 is 1.16 bits per heavy atom. The first kappa shape index (κ1) is 16.8. The highest BCUT2D eigenvalue weighted by atomic mass is 19.1. The molecule has 1 aliphatic rings. The number of hydrogen-bond donors (Lipinski definition) is 0. The average Bonchev–Trinajstić information content (AvgIpc) is 3.11. The fourth-order valence-electron chi connectivity index (χ4n) is 2.57. The molecule has 2 heterocycles. The molecule has 0 aliphatic carbocycles. The van der Waals surface area contributed by atoms with E-state index in [1.807, 2.05) is 0 Å². The lowest BCUT2D eigenvalue weighted by Gasteiger charge is -2.16. The van der Waals surface area contributed by atoms with Crippen molar-refractivity contribution in [3.05, 3.63) is 53.6 Å². The van der Waals surface area contributed by atoms with Crippen LogP contribution in [0.15, 0.2) is 36.7 Å². The Kier molecular flexibility index (Phi) is 4.87. The molecule has 1 amide bonds. The Morgan fingerprint density at radius 3 is 2.44 bits per heavy atom. The summed E-state index contributed by atoms with van der Waals surface area (Å²) in [4.78, 5) is 33.1. The van der Waals surface area contributed by atoms with Gasteiger partial charge in [0, 0.05) is 18.5 Å². The Morgan fingerprint density at radius 2 is 1.80 bits per heavy atom. The summed E-state index contributed by atoms with van der Waals surface area (Å²) in [6.45, 7) is 0.918. The first-order valence-corrected chi connectivity index (χ1v) is 7.68. The largest absolute Gasteiger partial charge is 0.465 e. The SMILES string of the molecule is COC(=O)c1ccc(C(=O)N2CC[C@H](Oc3ncc(F)cn3)C2)cc1. The van der Waals surface area contributed by atoms with Crippen molar-refractivity contribution in [2.24, 2.45) is 0 Å². The van der Waals surface area contributed by atoms with E-state index >= 15 is 0 Å². The number of carbonyl (C=O) groups is 2. The van der Waals surface area contributed by atoms with Crippen molar-refractivity contribution in [1.29, 1.82) is 0 Å². The molecule has 1 aromatic heterocycles. The molecule has 25 heavy (non-hydrogen) atoms. The lowest BCUT2D eigenvalue weighted by Crippen LogP contribution is -2.31. The van der Waals surface area contributed by atoms with Gasteiger partial charge < -0.3 is 14.4 Å². The van der Waals surface area contributed by atoms with E-state index < -0.39 is 11.8 Å². The van der Waals surface area contributed by atoms with Gasteiger partial charge >= 0.3 is 12.0 Å². The Hall–Kier alpha value is -3.03. The van der Waals surface area contributed by atoms with E-state index in [1.165, 1.54) is 7.11 Å². The molecule has 1 saturated heterocycles. The second kappa shape index (κ2) is 7.25. The van der Waals surface area contributed by atoms with Gasteiger partial charge in [-0.1, -0.05) is 0 Å². The molecule has 130 valence electrons. The van der Waals surface area contributed by atoms with Gasteiger partial charge in [-0.05, 0) is 24.3 Å². The van der Waals surface area contributed by atoms with Crippen molar-refractivity contribution >= 4 is 11.9 Å². The van der Waals surface area contributed by atoms with Crippen LogP contribution < -0.4 is 4.74 Å². The minimum atomic E-state index is -0.536. The Balaban J connectivity index is 1.60. The number of benzene rings is 1. The van der Waals surface area contributed by atoms with Crippen molar-refractivity contribution in [2.75, 3.05) is 20.2 Å². The van der Waals surface area contributed by atoms with E-state index in [0.29, 0.717) is 30.6 Å². The molecule has 3 rings (SSSR count). The van der Waals surface area contributed by atoms with Gasteiger partial charge in [-0.2, -0.15) is 0 Å². The van der Waals surface area contributed by atoms with E-state index in [1.54, 1.807) is 29.2 Å². The fraction of sp³-hybridized carbons (Fsp3) is 0.294. The number of hydrogen-bond acceptors (Lipinski definition) is 6. The van der Waals surface area contributed by atoms with Crippen molar-refractivity contribution in [3.63, 3.8) is 0 Å². The number of halogens is 1. The second-order valence-electron chi connectivity index (χ2n) is 5.53. The number of esters is 1. The van der Waals surface area contributed by atoms with Crippen LogP contribution in [0.5, 0.6) is 6.01 Å². The molecule has 0 radical (unpaired) electrons. The first-order chi connectivity index (χ1) is 12.1. The normalized spacial score (nSPS) is 16.6. The van der Waals surface area contributed by atoms with E-state index in [-0.39, 0.29) is 18.0 Å². The zero-order valence-corrected chi connectivity index (χ0v) is 13.5. The van der Waals surface area contributed by atoms with Crippen LogP contribution >= 0.6 is 0 Å². The van der Waals surface area contributed by atoms with Gasteiger partial charge in [0.2, 0.25) is 0 Å². The number of aromatic nitrogens is 2. The van der Waals surface area contributed by atoms with Crippen LogP contribution in [-0.2, 0) is 4.74 Å². The molecule has 8 heteroatoms. The molecule has 1 fully saturated rings. The van der Waals surface area contributed by atoms with Crippen LogP contribution in [0.3, 0.4) is 0 Å². The van der Waals surface area contributed by atoms with E-state index in [9.17, 15) is 14.0 Å². The quantitative estimate of drug-likeness (QED) is 0.785. The van der Waals surface area contributed by atoms with Crippen molar-refractivity contribution in [3.8, 4) is 6.01 Å². The summed E-state index contributed by atoms with van der Waals surface area (Å²) in [7, 11) is 1.30. The third-order valence-electron chi connectivity index (χ3n) is 3.85. The number of carbonyl (C=O) groups excluding carboxylic acids is 2. The van der Waals surface area contributed by atoms with E-state index in [0.717, 1.165) is 12.4 Å². The maximum Gasteiger partial charge on any atom is 0.337 e. The summed E-state index contributed by atoms with van der Waals surface area (Å²) >= 11 is 0. The summed E-state index contributed by atoms with van der Waals surface area (Å²) in [5, 5.41) is 0. The molecule has 2 aromatic rings. The molecule has 0 spiro atoms. The lowest BCUT2D eigenvalue weighted by atomic mass is 10.1.